The number of hydrogen-bond acceptors (Lipinski definition) is 6. The van der Waals surface area contributed by atoms with E-state index in [0.717, 1.165) is 0 Å². The maximum Gasteiger partial charge on any atom is 0.250 e. The molecule has 1 saturated heterocycles. The Kier molecular flexibility index (Phi) is 3.89. The monoisotopic (exact) mass is 288 g/mol. The molecule has 0 aliphatic carbocycles. The van der Waals surface area contributed by atoms with Crippen molar-refractivity contribution in [1.29, 1.82) is 0 Å². The van der Waals surface area contributed by atoms with Gasteiger partial charge in [-0.3, -0.25) is 4.79 Å². The number of nitrogens with one attached hydrogen (secondary N) is 2. The van der Waals surface area contributed by atoms with Gasteiger partial charge in [-0.25, -0.2) is 14.6 Å². The van der Waals surface area contributed by atoms with E-state index in [2.05, 4.69) is 25.7 Å². The second-order valence-corrected chi connectivity index (χ2v) is 4.72. The molecule has 0 spiro atoms. The second-order valence-electron chi connectivity index (χ2n) is 4.72. The number of carbonyl (C=O) groups excluding carboxylic acids is 1. The van der Waals surface area contributed by atoms with Gasteiger partial charge in [-0.05, 0) is 13.0 Å². The van der Waals surface area contributed by atoms with Gasteiger partial charge < -0.3 is 15.4 Å². The van der Waals surface area contributed by atoms with E-state index in [-0.39, 0.29) is 18.1 Å². The fourth-order valence-electron chi connectivity index (χ4n) is 2.15. The first-order valence-corrected chi connectivity index (χ1v) is 6.72. The molecule has 8 heteroatoms. The van der Waals surface area contributed by atoms with Crippen LogP contribution in [0.15, 0.2) is 30.9 Å². The molecule has 110 valence electrons. The van der Waals surface area contributed by atoms with Crippen LogP contribution in [-0.2, 0) is 9.53 Å². The van der Waals surface area contributed by atoms with Crippen molar-refractivity contribution in [3.05, 3.63) is 30.9 Å². The number of hydrogen-bond donors (Lipinski definition) is 2. The van der Waals surface area contributed by atoms with Gasteiger partial charge in [-0.15, -0.1) is 0 Å². The minimum Gasteiger partial charge on any atom is -0.375 e. The Labute approximate surface area is 121 Å². The molecule has 2 atom stereocenters. The van der Waals surface area contributed by atoms with Crippen LogP contribution in [0.1, 0.15) is 6.92 Å². The molecular weight excluding hydrogens is 272 g/mol. The summed E-state index contributed by atoms with van der Waals surface area (Å²) in [4.78, 5) is 20.4. The van der Waals surface area contributed by atoms with Gasteiger partial charge in [0.1, 0.15) is 6.04 Å². The minimum atomic E-state index is -0.366. The van der Waals surface area contributed by atoms with Crippen LogP contribution < -0.4 is 10.6 Å². The predicted molar refractivity (Wildman–Crippen MR) is 75.0 cm³/mol. The van der Waals surface area contributed by atoms with Crippen molar-refractivity contribution >= 4 is 11.6 Å². The van der Waals surface area contributed by atoms with Crippen molar-refractivity contribution in [1.82, 2.24) is 25.1 Å². The number of anilines is 1. The molecule has 3 rings (SSSR count). The van der Waals surface area contributed by atoms with Crippen molar-refractivity contribution in [3.63, 3.8) is 0 Å². The Bertz CT molecular complexity index is 614. The molecule has 2 aromatic rings. The van der Waals surface area contributed by atoms with E-state index < -0.39 is 0 Å². The van der Waals surface area contributed by atoms with Gasteiger partial charge in [0.2, 0.25) is 11.9 Å². The number of amides is 1. The number of morpholine rings is 1. The third kappa shape index (κ3) is 3.06. The molecule has 2 N–H and O–H groups in total. The van der Waals surface area contributed by atoms with Crippen molar-refractivity contribution in [3.8, 4) is 5.95 Å². The molecule has 0 bridgehead atoms. The minimum absolute atomic E-state index is 0.143. The fraction of sp³-hybridized carbons (Fsp3) is 0.385. The van der Waals surface area contributed by atoms with Gasteiger partial charge in [-0.1, -0.05) is 0 Å². The van der Waals surface area contributed by atoms with Crippen LogP contribution in [0.2, 0.25) is 0 Å². The smallest absolute Gasteiger partial charge is 0.250 e. The number of aromatic nitrogens is 4. The van der Waals surface area contributed by atoms with Crippen molar-refractivity contribution in [2.75, 3.05) is 18.5 Å². The van der Waals surface area contributed by atoms with Crippen LogP contribution >= 0.6 is 0 Å². The Balaban J connectivity index is 1.68. The van der Waals surface area contributed by atoms with Gasteiger partial charge in [0.15, 0.2) is 0 Å². The normalized spacial score (nSPS) is 22.0. The Morgan fingerprint density at radius 2 is 2.29 bits per heavy atom. The highest BCUT2D eigenvalue weighted by atomic mass is 16.5. The molecule has 21 heavy (non-hydrogen) atoms. The predicted octanol–water partition coefficient (Wildman–Crippen LogP) is -0.0223. The molecule has 2 aromatic heterocycles. The summed E-state index contributed by atoms with van der Waals surface area (Å²) < 4.78 is 6.96. The zero-order chi connectivity index (χ0) is 14.7. The summed E-state index contributed by atoms with van der Waals surface area (Å²) in [5, 5.41) is 10.1. The van der Waals surface area contributed by atoms with Crippen LogP contribution in [0.25, 0.3) is 5.95 Å². The topological polar surface area (TPSA) is 94.0 Å². The quantitative estimate of drug-likeness (QED) is 0.824. The molecule has 1 aliphatic heterocycles. The Morgan fingerprint density at radius 3 is 3.05 bits per heavy atom. The maximum absolute atomic E-state index is 12.2. The van der Waals surface area contributed by atoms with Gasteiger partial charge >= 0.3 is 0 Å². The molecule has 8 nitrogen and oxygen atoms in total. The molecule has 0 unspecified atom stereocenters. The first-order chi connectivity index (χ1) is 10.2. The van der Waals surface area contributed by atoms with E-state index in [4.69, 9.17) is 4.74 Å². The second kappa shape index (κ2) is 5.98. The van der Waals surface area contributed by atoms with Crippen molar-refractivity contribution in [2.45, 2.75) is 19.1 Å². The van der Waals surface area contributed by atoms with Crippen molar-refractivity contribution < 1.29 is 9.53 Å². The lowest BCUT2D eigenvalue weighted by molar-refractivity contribution is -0.123. The van der Waals surface area contributed by atoms with E-state index in [9.17, 15) is 4.79 Å². The van der Waals surface area contributed by atoms with E-state index >= 15 is 0 Å². The highest BCUT2D eigenvalue weighted by molar-refractivity contribution is 5.95. The lowest BCUT2D eigenvalue weighted by atomic mass is 10.1. The molecule has 1 fully saturated rings. The van der Waals surface area contributed by atoms with Crippen LogP contribution in [0, 0.1) is 0 Å². The molecule has 0 aromatic carbocycles. The van der Waals surface area contributed by atoms with Crippen LogP contribution in [0.3, 0.4) is 0 Å². The maximum atomic E-state index is 12.2. The largest absolute Gasteiger partial charge is 0.375 e. The summed E-state index contributed by atoms with van der Waals surface area (Å²) >= 11 is 0. The molecule has 3 heterocycles. The third-order valence-corrected chi connectivity index (χ3v) is 3.21. The Morgan fingerprint density at radius 1 is 1.48 bits per heavy atom. The molecule has 0 saturated carbocycles. The highest BCUT2D eigenvalue weighted by Crippen LogP contribution is 2.11. The van der Waals surface area contributed by atoms with E-state index in [1.165, 1.54) is 4.68 Å². The van der Waals surface area contributed by atoms with E-state index in [0.29, 0.717) is 24.8 Å². The number of rotatable bonds is 3. The summed E-state index contributed by atoms with van der Waals surface area (Å²) in [5.74, 6) is 0.307. The summed E-state index contributed by atoms with van der Waals surface area (Å²) in [6.45, 7) is 3.16. The lowest BCUT2D eigenvalue weighted by Crippen LogP contribution is -2.53. The number of nitrogens with zero attached hydrogens (tertiary/aromatic N) is 4. The first kappa shape index (κ1) is 13.7. The highest BCUT2D eigenvalue weighted by Gasteiger charge is 2.28. The molecule has 1 aliphatic rings. The van der Waals surface area contributed by atoms with Crippen LogP contribution in [0.5, 0.6) is 0 Å². The average Bonchev–Trinajstić information content (AvgIpc) is 2.97. The lowest BCUT2D eigenvalue weighted by Gasteiger charge is -2.29. The summed E-state index contributed by atoms with van der Waals surface area (Å²) in [6, 6.07) is 1.36. The SMILES string of the molecule is C[C@H]1OCCN[C@@H]1C(=O)Nc1cnn(-c2ncccn2)c1. The van der Waals surface area contributed by atoms with Crippen LogP contribution in [0.4, 0.5) is 5.69 Å². The number of carbonyl (C=O) groups is 1. The van der Waals surface area contributed by atoms with Gasteiger partial charge in [0.05, 0.1) is 30.8 Å². The zero-order valence-electron chi connectivity index (χ0n) is 11.6. The van der Waals surface area contributed by atoms with Gasteiger partial charge in [-0.2, -0.15) is 5.10 Å². The molecule has 0 radical (unpaired) electrons. The van der Waals surface area contributed by atoms with Gasteiger partial charge in [0.25, 0.3) is 0 Å². The Hall–Kier alpha value is -2.32. The van der Waals surface area contributed by atoms with E-state index in [1.54, 1.807) is 30.9 Å². The zero-order valence-corrected chi connectivity index (χ0v) is 11.6. The average molecular weight is 288 g/mol. The van der Waals surface area contributed by atoms with Gasteiger partial charge in [0, 0.05) is 18.9 Å². The number of ether oxygens (including phenoxy) is 1. The summed E-state index contributed by atoms with van der Waals surface area (Å²) in [5.41, 5.74) is 0.590. The van der Waals surface area contributed by atoms with Crippen molar-refractivity contribution in [2.24, 2.45) is 0 Å². The summed E-state index contributed by atoms with van der Waals surface area (Å²) in [7, 11) is 0. The standard InChI is InChI=1S/C13H16N6O2/c1-9-11(14-5-6-21-9)12(20)18-10-7-17-19(8-10)13-15-3-2-4-16-13/h2-4,7-9,11,14H,5-6H2,1H3,(H,18,20)/t9-,11+/m1/s1. The third-order valence-electron chi connectivity index (χ3n) is 3.21. The summed E-state index contributed by atoms with van der Waals surface area (Å²) in [6.07, 6.45) is 6.33. The van der Waals surface area contributed by atoms with E-state index in [1.807, 2.05) is 6.92 Å². The molecule has 1 amide bonds. The molecular formula is C13H16N6O2. The fourth-order valence-corrected chi connectivity index (χ4v) is 2.15. The first-order valence-electron chi connectivity index (χ1n) is 6.72. The van der Waals surface area contributed by atoms with Crippen LogP contribution in [-0.4, -0.2) is 51.0 Å².